The van der Waals surface area contributed by atoms with Gasteiger partial charge in [0.05, 0.1) is 17.4 Å². The molecule has 6 heteroatoms. The number of amides is 1. The van der Waals surface area contributed by atoms with Crippen LogP contribution >= 0.6 is 0 Å². The van der Waals surface area contributed by atoms with Gasteiger partial charge in [-0.25, -0.2) is 9.67 Å². The van der Waals surface area contributed by atoms with E-state index in [1.807, 2.05) is 59.4 Å². The molecule has 0 spiro atoms. The molecule has 3 aromatic rings. The number of aromatic nitrogens is 3. The predicted octanol–water partition coefficient (Wildman–Crippen LogP) is 2.00. The number of para-hydroxylation sites is 1. The van der Waals surface area contributed by atoms with Gasteiger partial charge in [0.1, 0.15) is 5.82 Å². The summed E-state index contributed by atoms with van der Waals surface area (Å²) in [6.45, 7) is 0.662. The minimum absolute atomic E-state index is 0.402. The SMILES string of the molecule is CN(Cc1cnn(-c2ccccc2)c1)c1ccc(C(N)=O)cn1. The van der Waals surface area contributed by atoms with Gasteiger partial charge in [-0.15, -0.1) is 0 Å². The van der Waals surface area contributed by atoms with Gasteiger partial charge in [0.25, 0.3) is 0 Å². The van der Waals surface area contributed by atoms with Crippen LogP contribution in [-0.4, -0.2) is 27.7 Å². The number of pyridine rings is 1. The second-order valence-corrected chi connectivity index (χ2v) is 5.25. The quantitative estimate of drug-likeness (QED) is 0.782. The summed E-state index contributed by atoms with van der Waals surface area (Å²) in [5, 5.41) is 4.38. The highest BCUT2D eigenvalue weighted by Gasteiger charge is 2.08. The summed E-state index contributed by atoms with van der Waals surface area (Å²) in [4.78, 5) is 17.3. The van der Waals surface area contributed by atoms with Gasteiger partial charge >= 0.3 is 0 Å². The third-order valence-electron chi connectivity index (χ3n) is 3.50. The average Bonchev–Trinajstić information content (AvgIpc) is 3.04. The van der Waals surface area contributed by atoms with Crippen LogP contribution in [0.2, 0.25) is 0 Å². The second-order valence-electron chi connectivity index (χ2n) is 5.25. The van der Waals surface area contributed by atoms with Gasteiger partial charge in [0.2, 0.25) is 5.91 Å². The normalized spacial score (nSPS) is 10.5. The molecule has 0 saturated carbocycles. The zero-order chi connectivity index (χ0) is 16.2. The zero-order valence-corrected chi connectivity index (χ0v) is 12.8. The summed E-state index contributed by atoms with van der Waals surface area (Å²) in [5.74, 6) is 0.290. The summed E-state index contributed by atoms with van der Waals surface area (Å²) in [7, 11) is 1.94. The first-order valence-corrected chi connectivity index (χ1v) is 7.19. The summed E-state index contributed by atoms with van der Waals surface area (Å²) in [6.07, 6.45) is 5.31. The Morgan fingerprint density at radius 3 is 2.61 bits per heavy atom. The molecule has 0 radical (unpaired) electrons. The number of anilines is 1. The predicted molar refractivity (Wildman–Crippen MR) is 88.4 cm³/mol. The molecule has 6 nitrogen and oxygen atoms in total. The van der Waals surface area contributed by atoms with E-state index in [0.29, 0.717) is 12.1 Å². The molecule has 0 unspecified atom stereocenters. The Kier molecular flexibility index (Phi) is 4.05. The molecular weight excluding hydrogens is 290 g/mol. The third kappa shape index (κ3) is 3.37. The maximum atomic E-state index is 11.1. The Labute approximate surface area is 134 Å². The molecule has 0 aliphatic rings. The lowest BCUT2D eigenvalue weighted by Crippen LogP contribution is -2.18. The topological polar surface area (TPSA) is 77.0 Å². The Morgan fingerprint density at radius 2 is 1.96 bits per heavy atom. The van der Waals surface area contributed by atoms with Gasteiger partial charge in [-0.3, -0.25) is 4.79 Å². The van der Waals surface area contributed by atoms with Crippen LogP contribution in [0.25, 0.3) is 5.69 Å². The number of carbonyl (C=O) groups is 1. The van der Waals surface area contributed by atoms with E-state index in [4.69, 9.17) is 5.73 Å². The molecule has 2 heterocycles. The largest absolute Gasteiger partial charge is 0.366 e. The number of primary amides is 1. The van der Waals surface area contributed by atoms with Crippen LogP contribution in [0.1, 0.15) is 15.9 Å². The molecule has 23 heavy (non-hydrogen) atoms. The summed E-state index contributed by atoms with van der Waals surface area (Å²) >= 11 is 0. The number of nitrogens with zero attached hydrogens (tertiary/aromatic N) is 4. The van der Waals surface area contributed by atoms with E-state index < -0.39 is 5.91 Å². The van der Waals surface area contributed by atoms with Crippen LogP contribution in [0.15, 0.2) is 61.1 Å². The van der Waals surface area contributed by atoms with Crippen molar-refractivity contribution >= 4 is 11.7 Å². The molecule has 0 aliphatic heterocycles. The first kappa shape index (κ1) is 14.8. The lowest BCUT2D eigenvalue weighted by Gasteiger charge is -2.17. The maximum Gasteiger partial charge on any atom is 0.250 e. The van der Waals surface area contributed by atoms with Crippen molar-refractivity contribution in [2.45, 2.75) is 6.54 Å². The van der Waals surface area contributed by atoms with E-state index in [1.165, 1.54) is 6.20 Å². The van der Waals surface area contributed by atoms with Crippen LogP contribution in [0.4, 0.5) is 5.82 Å². The van der Waals surface area contributed by atoms with Crippen molar-refractivity contribution < 1.29 is 4.79 Å². The highest BCUT2D eigenvalue weighted by Crippen LogP contribution is 2.14. The second kappa shape index (κ2) is 6.31. The molecule has 0 fully saturated rings. The van der Waals surface area contributed by atoms with Crippen LogP contribution in [-0.2, 0) is 6.54 Å². The van der Waals surface area contributed by atoms with E-state index in [-0.39, 0.29) is 0 Å². The van der Waals surface area contributed by atoms with Crippen molar-refractivity contribution in [3.8, 4) is 5.69 Å². The van der Waals surface area contributed by atoms with Gasteiger partial charge in [-0.1, -0.05) is 18.2 Å². The fourth-order valence-electron chi connectivity index (χ4n) is 2.28. The van der Waals surface area contributed by atoms with Gasteiger partial charge in [-0.2, -0.15) is 5.10 Å². The molecule has 0 saturated heterocycles. The van der Waals surface area contributed by atoms with Crippen LogP contribution in [0, 0.1) is 0 Å². The Morgan fingerprint density at radius 1 is 1.17 bits per heavy atom. The van der Waals surface area contributed by atoms with Gasteiger partial charge in [0.15, 0.2) is 0 Å². The molecular formula is C17H17N5O. The average molecular weight is 307 g/mol. The van der Waals surface area contributed by atoms with Crippen LogP contribution in [0.3, 0.4) is 0 Å². The molecule has 2 N–H and O–H groups in total. The van der Waals surface area contributed by atoms with Crippen molar-refractivity contribution in [3.05, 3.63) is 72.2 Å². The number of hydrogen-bond donors (Lipinski definition) is 1. The fourth-order valence-corrected chi connectivity index (χ4v) is 2.28. The van der Waals surface area contributed by atoms with Crippen molar-refractivity contribution in [1.82, 2.24) is 14.8 Å². The van der Waals surface area contributed by atoms with Crippen molar-refractivity contribution in [2.75, 3.05) is 11.9 Å². The number of benzene rings is 1. The number of hydrogen-bond acceptors (Lipinski definition) is 4. The first-order chi connectivity index (χ1) is 11.1. The zero-order valence-electron chi connectivity index (χ0n) is 12.8. The molecule has 116 valence electrons. The number of nitrogens with two attached hydrogens (primary N) is 1. The van der Waals surface area contributed by atoms with Gasteiger partial charge in [0, 0.05) is 31.5 Å². The minimum Gasteiger partial charge on any atom is -0.366 e. The highest BCUT2D eigenvalue weighted by molar-refractivity contribution is 5.92. The Balaban J connectivity index is 1.72. The molecule has 0 atom stereocenters. The number of rotatable bonds is 5. The maximum absolute atomic E-state index is 11.1. The molecule has 1 amide bonds. The van der Waals surface area contributed by atoms with E-state index in [0.717, 1.165) is 17.1 Å². The van der Waals surface area contributed by atoms with Crippen molar-refractivity contribution in [2.24, 2.45) is 5.73 Å². The smallest absolute Gasteiger partial charge is 0.250 e. The van der Waals surface area contributed by atoms with Crippen molar-refractivity contribution in [1.29, 1.82) is 0 Å². The first-order valence-electron chi connectivity index (χ1n) is 7.19. The third-order valence-corrected chi connectivity index (χ3v) is 3.50. The lowest BCUT2D eigenvalue weighted by molar-refractivity contribution is 0.1000. The molecule has 0 aliphatic carbocycles. The summed E-state index contributed by atoms with van der Waals surface area (Å²) in [6, 6.07) is 13.4. The van der Waals surface area contributed by atoms with Gasteiger partial charge in [-0.05, 0) is 24.3 Å². The van der Waals surface area contributed by atoms with E-state index in [1.54, 1.807) is 12.1 Å². The molecule has 0 bridgehead atoms. The minimum atomic E-state index is -0.476. The lowest BCUT2D eigenvalue weighted by atomic mass is 10.2. The van der Waals surface area contributed by atoms with Crippen molar-refractivity contribution in [3.63, 3.8) is 0 Å². The molecule has 3 rings (SSSR count). The fraction of sp³-hybridized carbons (Fsp3) is 0.118. The summed E-state index contributed by atoms with van der Waals surface area (Å²) < 4.78 is 1.84. The van der Waals surface area contributed by atoms with E-state index in [2.05, 4.69) is 10.1 Å². The monoisotopic (exact) mass is 307 g/mol. The van der Waals surface area contributed by atoms with Crippen LogP contribution in [0.5, 0.6) is 0 Å². The number of carbonyl (C=O) groups excluding carboxylic acids is 1. The molecule has 2 aromatic heterocycles. The molecule has 1 aromatic carbocycles. The van der Waals surface area contributed by atoms with Crippen LogP contribution < -0.4 is 10.6 Å². The standard InChI is InChI=1S/C17H17N5O/c1-21(16-8-7-14(10-19-16)17(18)23)11-13-9-20-22(12-13)15-5-3-2-4-6-15/h2-10,12H,11H2,1H3,(H2,18,23). The highest BCUT2D eigenvalue weighted by atomic mass is 16.1. The van der Waals surface area contributed by atoms with Gasteiger partial charge < -0.3 is 10.6 Å². The Hall–Kier alpha value is -3.15. The van der Waals surface area contributed by atoms with E-state index >= 15 is 0 Å². The van der Waals surface area contributed by atoms with E-state index in [9.17, 15) is 4.79 Å². The summed E-state index contributed by atoms with van der Waals surface area (Å²) in [5.41, 5.74) is 7.71. The Bertz CT molecular complexity index is 795.